The Morgan fingerprint density at radius 1 is 1.17 bits per heavy atom. The van der Waals surface area contributed by atoms with Crippen LogP contribution in [-0.4, -0.2) is 38.9 Å². The fraction of sp³-hybridized carbons (Fsp3) is 0.250. The van der Waals surface area contributed by atoms with Gasteiger partial charge in [0, 0.05) is 41.0 Å². The van der Waals surface area contributed by atoms with E-state index in [4.69, 9.17) is 9.72 Å². The van der Waals surface area contributed by atoms with Gasteiger partial charge in [0.1, 0.15) is 18.0 Å². The molecule has 0 spiro atoms. The van der Waals surface area contributed by atoms with E-state index in [2.05, 4.69) is 28.5 Å². The van der Waals surface area contributed by atoms with Crippen LogP contribution in [0.1, 0.15) is 35.6 Å². The molecule has 3 N–H and O–H groups in total. The molecule has 1 aromatic carbocycles. The number of carbonyl (C=O) groups is 1. The first-order valence-corrected chi connectivity index (χ1v) is 12.4. The summed E-state index contributed by atoms with van der Waals surface area (Å²) in [5.41, 5.74) is 9.62. The van der Waals surface area contributed by atoms with Crippen LogP contribution in [0.4, 0.5) is 4.79 Å². The summed E-state index contributed by atoms with van der Waals surface area (Å²) in [7, 11) is 0. The van der Waals surface area contributed by atoms with Gasteiger partial charge in [-0.3, -0.25) is 0 Å². The summed E-state index contributed by atoms with van der Waals surface area (Å²) >= 11 is 0. The molecular formula is C28H26N5O3+. The molecule has 0 saturated carbocycles. The van der Waals surface area contributed by atoms with E-state index >= 15 is 0 Å². The van der Waals surface area contributed by atoms with Gasteiger partial charge in [0.25, 0.3) is 5.65 Å². The van der Waals surface area contributed by atoms with E-state index < -0.39 is 6.09 Å². The Morgan fingerprint density at radius 2 is 2.11 bits per heavy atom. The maximum Gasteiger partial charge on any atom is 0.509 e. The first kappa shape index (κ1) is 21.3. The van der Waals surface area contributed by atoms with Crippen LogP contribution in [0.3, 0.4) is 0 Å². The molecule has 2 aliphatic rings. The number of benzene rings is 1. The summed E-state index contributed by atoms with van der Waals surface area (Å²) in [5, 5.41) is 14.2. The molecule has 0 radical (unpaired) electrons. The summed E-state index contributed by atoms with van der Waals surface area (Å²) < 4.78 is 8.83. The van der Waals surface area contributed by atoms with Gasteiger partial charge in [0.05, 0.1) is 19.4 Å². The van der Waals surface area contributed by atoms with Crippen LogP contribution in [-0.2, 0) is 17.8 Å². The number of aromatic amines is 1. The normalized spacial score (nSPS) is 17.6. The molecule has 5 aromatic rings. The zero-order valence-electron chi connectivity index (χ0n) is 19.7. The van der Waals surface area contributed by atoms with E-state index in [0.29, 0.717) is 18.3 Å². The third-order valence-electron chi connectivity index (χ3n) is 7.54. The molecule has 1 fully saturated rings. The van der Waals surface area contributed by atoms with Crippen molar-refractivity contribution in [2.75, 3.05) is 13.2 Å². The van der Waals surface area contributed by atoms with E-state index in [0.717, 1.165) is 53.7 Å². The standard InChI is InChI=1S/C28H25N5O3/c34-28(35)33-8-7-32-6-3-17(13-26(32)33)23-15-31-27-22(23)12-20(14-30-27)19-10-18-4-9-36-16-24(18)21(11-19)25-2-1-5-29-25/h3,6-8,10-15,25,29H,1-2,4-5,9,16H2,(H,34,35)/p+1/t25-/m0/s1. The summed E-state index contributed by atoms with van der Waals surface area (Å²) in [6, 6.07) is 11.1. The van der Waals surface area contributed by atoms with Crippen LogP contribution in [0.15, 0.2) is 61.3 Å². The summed E-state index contributed by atoms with van der Waals surface area (Å²) in [6.07, 6.45) is 11.3. The van der Waals surface area contributed by atoms with E-state index in [9.17, 15) is 9.90 Å². The van der Waals surface area contributed by atoms with Crippen molar-refractivity contribution in [2.24, 2.45) is 0 Å². The molecule has 0 amide bonds. The molecule has 6 heterocycles. The minimum absolute atomic E-state index is 0.370. The first-order chi connectivity index (χ1) is 17.7. The maximum absolute atomic E-state index is 11.6. The maximum atomic E-state index is 11.6. The van der Waals surface area contributed by atoms with Crippen molar-refractivity contribution in [3.63, 3.8) is 0 Å². The number of pyridine rings is 2. The van der Waals surface area contributed by atoms with Gasteiger partial charge in [-0.25, -0.2) is 9.38 Å². The van der Waals surface area contributed by atoms with Gasteiger partial charge in [0.15, 0.2) is 0 Å². The zero-order chi connectivity index (χ0) is 24.2. The number of hydrogen-bond donors (Lipinski definition) is 3. The highest BCUT2D eigenvalue weighted by Gasteiger charge is 2.24. The monoisotopic (exact) mass is 480 g/mol. The molecule has 1 atom stereocenters. The van der Waals surface area contributed by atoms with Crippen molar-refractivity contribution in [3.8, 4) is 22.3 Å². The van der Waals surface area contributed by atoms with Crippen molar-refractivity contribution in [1.29, 1.82) is 0 Å². The number of hydrogen-bond acceptors (Lipinski definition) is 4. The Hall–Kier alpha value is -4.01. The van der Waals surface area contributed by atoms with Crippen molar-refractivity contribution < 1.29 is 19.0 Å². The number of nitrogens with one attached hydrogen (secondary N) is 2. The van der Waals surface area contributed by atoms with Crippen LogP contribution < -0.4 is 9.72 Å². The Morgan fingerprint density at radius 3 is 2.97 bits per heavy atom. The number of nitrogens with zero attached hydrogens (tertiary/aromatic N) is 3. The molecule has 4 aromatic heterocycles. The molecule has 0 aliphatic carbocycles. The summed E-state index contributed by atoms with van der Waals surface area (Å²) in [5.74, 6) is 0. The van der Waals surface area contributed by atoms with Crippen LogP contribution >= 0.6 is 0 Å². The number of fused-ring (bicyclic) bond motifs is 3. The summed E-state index contributed by atoms with van der Waals surface area (Å²) in [4.78, 5) is 19.7. The molecule has 0 bridgehead atoms. The van der Waals surface area contributed by atoms with E-state index in [1.165, 1.54) is 33.2 Å². The van der Waals surface area contributed by atoms with Gasteiger partial charge in [-0.15, -0.1) is 4.57 Å². The Bertz CT molecular complexity index is 1640. The van der Waals surface area contributed by atoms with E-state index in [1.54, 1.807) is 16.8 Å². The molecule has 180 valence electrons. The average Bonchev–Trinajstić information content (AvgIpc) is 3.67. The van der Waals surface area contributed by atoms with Gasteiger partial charge in [-0.1, -0.05) is 6.07 Å². The predicted octanol–water partition coefficient (Wildman–Crippen LogP) is 4.46. The fourth-order valence-corrected chi connectivity index (χ4v) is 5.70. The molecule has 1 saturated heterocycles. The third kappa shape index (κ3) is 3.41. The lowest BCUT2D eigenvalue weighted by Gasteiger charge is -2.24. The SMILES string of the molecule is O=C(O)n1cc[n+]2ccc(-c3c[nH]c4ncc(-c5cc6c(c([C@@H]7CCCN7)c5)COCC6)cc34)cc12. The molecule has 0 unspecified atom stereocenters. The number of H-pyrrole nitrogens is 1. The largest absolute Gasteiger partial charge is 0.509 e. The van der Waals surface area contributed by atoms with Crippen LogP contribution in [0.2, 0.25) is 0 Å². The van der Waals surface area contributed by atoms with Gasteiger partial charge in [-0.05, 0) is 71.8 Å². The van der Waals surface area contributed by atoms with Crippen molar-refractivity contribution >= 4 is 22.8 Å². The molecule has 8 nitrogen and oxygen atoms in total. The lowest BCUT2D eigenvalue weighted by molar-refractivity contribution is -0.510. The van der Waals surface area contributed by atoms with Crippen molar-refractivity contribution in [1.82, 2.24) is 19.9 Å². The third-order valence-corrected chi connectivity index (χ3v) is 7.54. The quantitative estimate of drug-likeness (QED) is 0.332. The number of rotatable bonds is 3. The lowest BCUT2D eigenvalue weighted by Crippen LogP contribution is -2.20. The molecule has 8 heteroatoms. The number of carboxylic acid groups (broad SMARTS) is 1. The minimum Gasteiger partial charge on any atom is -0.446 e. The molecule has 7 rings (SSSR count). The second kappa shape index (κ2) is 8.29. The second-order valence-corrected chi connectivity index (χ2v) is 9.61. The minimum atomic E-state index is -1.01. The smallest absolute Gasteiger partial charge is 0.446 e. The van der Waals surface area contributed by atoms with Crippen molar-refractivity contribution in [3.05, 3.63) is 78.0 Å². The Kier molecular flexibility index (Phi) is 4.90. The Labute approximate surface area is 207 Å². The highest BCUT2D eigenvalue weighted by molar-refractivity contribution is 5.96. The highest BCUT2D eigenvalue weighted by Crippen LogP contribution is 2.36. The number of imidazole rings is 1. The first-order valence-electron chi connectivity index (χ1n) is 12.4. The fourth-order valence-electron chi connectivity index (χ4n) is 5.70. The average molecular weight is 481 g/mol. The van der Waals surface area contributed by atoms with Gasteiger partial charge in [0.2, 0.25) is 0 Å². The second-order valence-electron chi connectivity index (χ2n) is 9.61. The molecule has 36 heavy (non-hydrogen) atoms. The number of ether oxygens (including phenoxy) is 1. The number of aromatic nitrogens is 4. The van der Waals surface area contributed by atoms with Crippen LogP contribution in [0.25, 0.3) is 38.9 Å². The van der Waals surface area contributed by atoms with Gasteiger partial charge < -0.3 is 20.1 Å². The Balaban J connectivity index is 1.35. The van der Waals surface area contributed by atoms with Gasteiger partial charge in [-0.2, -0.15) is 4.79 Å². The topological polar surface area (TPSA) is 96.3 Å². The van der Waals surface area contributed by atoms with Crippen molar-refractivity contribution in [2.45, 2.75) is 31.9 Å². The predicted molar refractivity (Wildman–Crippen MR) is 135 cm³/mol. The van der Waals surface area contributed by atoms with Crippen LogP contribution in [0.5, 0.6) is 0 Å². The molecule has 2 aliphatic heterocycles. The zero-order valence-corrected chi connectivity index (χ0v) is 19.7. The van der Waals surface area contributed by atoms with E-state index in [1.807, 2.05) is 30.7 Å². The highest BCUT2D eigenvalue weighted by atomic mass is 16.5. The van der Waals surface area contributed by atoms with Gasteiger partial charge >= 0.3 is 6.09 Å². The molecular weight excluding hydrogens is 454 g/mol. The summed E-state index contributed by atoms with van der Waals surface area (Å²) in [6.45, 7) is 2.49. The van der Waals surface area contributed by atoms with E-state index in [-0.39, 0.29) is 0 Å². The van der Waals surface area contributed by atoms with Crippen LogP contribution in [0, 0.1) is 0 Å². The lowest BCUT2D eigenvalue weighted by atomic mass is 9.88.